The third-order valence-corrected chi connectivity index (χ3v) is 7.67. The van der Waals surface area contributed by atoms with Gasteiger partial charge in [0.15, 0.2) is 5.84 Å². The van der Waals surface area contributed by atoms with Crippen LogP contribution >= 0.6 is 0 Å². The summed E-state index contributed by atoms with van der Waals surface area (Å²) in [6, 6.07) is 0. The van der Waals surface area contributed by atoms with Crippen molar-refractivity contribution in [3.8, 4) is 0 Å². The van der Waals surface area contributed by atoms with Crippen LogP contribution in [0, 0.1) is 17.8 Å². The molecule has 2 aliphatic heterocycles. The molecule has 4 aliphatic carbocycles. The van der Waals surface area contributed by atoms with Crippen LogP contribution in [0.4, 0.5) is 0 Å². The molecule has 0 unspecified atom stereocenters. The molecule has 1 amide bonds. The van der Waals surface area contributed by atoms with Crippen molar-refractivity contribution in [3.05, 3.63) is 23.9 Å². The van der Waals surface area contributed by atoms with E-state index in [4.69, 9.17) is 0 Å². The van der Waals surface area contributed by atoms with Crippen molar-refractivity contribution in [2.75, 3.05) is 12.3 Å². The van der Waals surface area contributed by atoms with Gasteiger partial charge in [0.1, 0.15) is 0 Å². The Morgan fingerprint density at radius 1 is 1.16 bits per heavy atom. The highest BCUT2D eigenvalue weighted by Gasteiger charge is 2.51. The Morgan fingerprint density at radius 3 is 2.44 bits per heavy atom. The molecule has 0 saturated heterocycles. The van der Waals surface area contributed by atoms with Gasteiger partial charge in [0.05, 0.1) is 11.3 Å². The normalized spacial score (nSPS) is 40.3. The van der Waals surface area contributed by atoms with Crippen molar-refractivity contribution in [2.45, 2.75) is 44.1 Å². The van der Waals surface area contributed by atoms with Crippen molar-refractivity contribution in [1.82, 2.24) is 10.2 Å². The number of nitrogens with one attached hydrogen (secondary N) is 1. The van der Waals surface area contributed by atoms with E-state index in [-0.39, 0.29) is 23.0 Å². The lowest BCUT2D eigenvalue weighted by Gasteiger charge is -2.57. The molecule has 0 aromatic rings. The first-order chi connectivity index (χ1) is 11.9. The van der Waals surface area contributed by atoms with E-state index < -0.39 is 10.0 Å². The van der Waals surface area contributed by atoms with E-state index >= 15 is 0 Å². The van der Waals surface area contributed by atoms with Crippen molar-refractivity contribution < 1.29 is 13.2 Å². The molecule has 0 aromatic heterocycles. The zero-order chi connectivity index (χ0) is 17.2. The average molecular weight is 361 g/mol. The molecule has 25 heavy (non-hydrogen) atoms. The Bertz CT molecular complexity index is 789. The zero-order valence-electron chi connectivity index (χ0n) is 14.1. The summed E-state index contributed by atoms with van der Waals surface area (Å²) in [4.78, 5) is 14.8. The first-order valence-corrected chi connectivity index (χ1v) is 10.8. The van der Waals surface area contributed by atoms with Crippen molar-refractivity contribution in [2.24, 2.45) is 22.2 Å². The lowest BCUT2D eigenvalue weighted by molar-refractivity contribution is -0.122. The summed E-state index contributed by atoms with van der Waals surface area (Å²) < 4.78 is 27.6. The summed E-state index contributed by atoms with van der Waals surface area (Å²) >= 11 is 0. The van der Waals surface area contributed by atoms with Gasteiger partial charge in [-0.25, -0.2) is 8.42 Å². The van der Waals surface area contributed by atoms with Crippen LogP contribution in [-0.4, -0.2) is 42.9 Å². The molecular weight excluding hydrogens is 338 g/mol. The summed E-state index contributed by atoms with van der Waals surface area (Å²) in [6.45, 7) is 0.347. The molecule has 1 N–H and O–H groups in total. The second-order valence-electron chi connectivity index (χ2n) is 8.47. The molecule has 0 spiro atoms. The summed E-state index contributed by atoms with van der Waals surface area (Å²) in [5.74, 6) is 2.33. The van der Waals surface area contributed by atoms with Gasteiger partial charge in [-0.2, -0.15) is 0 Å². The monoisotopic (exact) mass is 361 g/mol. The van der Waals surface area contributed by atoms with Gasteiger partial charge in [0, 0.05) is 18.3 Å². The number of amides is 1. The highest BCUT2D eigenvalue weighted by atomic mass is 32.2. The lowest BCUT2D eigenvalue weighted by Crippen LogP contribution is -2.60. The standard InChI is InChI=1S/C18H23N3O3S/c22-17(15-2-1-3-21-4-5-25(23,24)20-16(15)21)19-18-9-12-6-13(10-18)8-14(7-12)11-18/h1-3,12-14H,4-11H2,(H,19,22). The van der Waals surface area contributed by atoms with Gasteiger partial charge >= 0.3 is 0 Å². The third-order valence-electron chi connectivity index (χ3n) is 6.52. The van der Waals surface area contributed by atoms with Gasteiger partial charge in [-0.3, -0.25) is 4.79 Å². The maximum absolute atomic E-state index is 13.0. The summed E-state index contributed by atoms with van der Waals surface area (Å²) in [5, 5.41) is 3.31. The minimum Gasteiger partial charge on any atom is -0.346 e. The van der Waals surface area contributed by atoms with E-state index in [2.05, 4.69) is 9.71 Å². The predicted molar refractivity (Wildman–Crippen MR) is 94.2 cm³/mol. The Labute approximate surface area is 148 Å². The van der Waals surface area contributed by atoms with Crippen LogP contribution in [0.5, 0.6) is 0 Å². The molecule has 6 nitrogen and oxygen atoms in total. The highest BCUT2D eigenvalue weighted by Crippen LogP contribution is 2.55. The Kier molecular flexibility index (Phi) is 3.24. The number of hydrogen-bond acceptors (Lipinski definition) is 4. The molecule has 2 heterocycles. The number of carbonyl (C=O) groups excluding carboxylic acids is 1. The number of carbonyl (C=O) groups is 1. The number of allylic oxidation sites excluding steroid dienone is 2. The molecule has 7 heteroatoms. The predicted octanol–water partition coefficient (Wildman–Crippen LogP) is 1.57. The highest BCUT2D eigenvalue weighted by molar-refractivity contribution is 7.90. The first kappa shape index (κ1) is 15.6. The Hall–Kier alpha value is -1.63. The van der Waals surface area contributed by atoms with Crippen LogP contribution in [0.1, 0.15) is 38.5 Å². The van der Waals surface area contributed by atoms with Crippen LogP contribution < -0.4 is 5.32 Å². The number of rotatable bonds is 2. The molecule has 4 bridgehead atoms. The second kappa shape index (κ2) is 5.19. The first-order valence-electron chi connectivity index (χ1n) is 9.22. The van der Waals surface area contributed by atoms with Crippen LogP contribution in [0.15, 0.2) is 28.3 Å². The molecule has 6 aliphatic rings. The average Bonchev–Trinajstić information content (AvgIpc) is 2.51. The van der Waals surface area contributed by atoms with Crippen molar-refractivity contribution in [1.29, 1.82) is 0 Å². The summed E-state index contributed by atoms with van der Waals surface area (Å²) in [6.07, 6.45) is 12.4. The SMILES string of the molecule is O=C(NC12CC3CC(CC(C3)C1)C2)C1=CC=CN2CCS(=O)(=O)N=C12. The van der Waals surface area contributed by atoms with Gasteiger partial charge in [0.25, 0.3) is 15.9 Å². The molecule has 0 aromatic carbocycles. The van der Waals surface area contributed by atoms with E-state index in [1.54, 1.807) is 23.3 Å². The van der Waals surface area contributed by atoms with Gasteiger partial charge in [-0.1, -0.05) is 0 Å². The number of hydrogen-bond donors (Lipinski definition) is 1. The smallest absolute Gasteiger partial charge is 0.256 e. The second-order valence-corrected chi connectivity index (χ2v) is 10.2. The Morgan fingerprint density at radius 2 is 1.80 bits per heavy atom. The van der Waals surface area contributed by atoms with Gasteiger partial charge in [0.2, 0.25) is 0 Å². The number of amidine groups is 1. The topological polar surface area (TPSA) is 78.8 Å². The van der Waals surface area contributed by atoms with Crippen LogP contribution in [0.3, 0.4) is 0 Å². The van der Waals surface area contributed by atoms with Gasteiger partial charge in [-0.05, 0) is 68.4 Å². The number of nitrogens with zero attached hydrogens (tertiary/aromatic N) is 2. The fourth-order valence-corrected chi connectivity index (χ4v) is 6.95. The van der Waals surface area contributed by atoms with E-state index in [1.165, 1.54) is 19.3 Å². The minimum atomic E-state index is -3.48. The zero-order valence-corrected chi connectivity index (χ0v) is 15.0. The molecular formula is C18H23N3O3S. The maximum Gasteiger partial charge on any atom is 0.256 e. The Balaban J connectivity index is 1.42. The van der Waals surface area contributed by atoms with Gasteiger partial charge < -0.3 is 10.2 Å². The van der Waals surface area contributed by atoms with E-state index in [1.807, 2.05) is 0 Å². The van der Waals surface area contributed by atoms with E-state index in [0.717, 1.165) is 37.0 Å². The van der Waals surface area contributed by atoms with Crippen molar-refractivity contribution >= 4 is 21.8 Å². The van der Waals surface area contributed by atoms with Crippen LogP contribution in [-0.2, 0) is 14.8 Å². The molecule has 134 valence electrons. The van der Waals surface area contributed by atoms with Crippen molar-refractivity contribution in [3.63, 3.8) is 0 Å². The van der Waals surface area contributed by atoms with Crippen LogP contribution in [0.25, 0.3) is 0 Å². The third kappa shape index (κ3) is 2.63. The quantitative estimate of drug-likeness (QED) is 0.810. The molecule has 0 radical (unpaired) electrons. The molecule has 6 rings (SSSR count). The van der Waals surface area contributed by atoms with Crippen LogP contribution in [0.2, 0.25) is 0 Å². The minimum absolute atomic E-state index is 0.00921. The maximum atomic E-state index is 13.0. The molecule has 4 saturated carbocycles. The summed E-state index contributed by atoms with van der Waals surface area (Å²) in [5.41, 5.74) is 0.286. The fourth-order valence-electron chi connectivity index (χ4n) is 5.97. The van der Waals surface area contributed by atoms with Gasteiger partial charge in [-0.15, -0.1) is 4.40 Å². The fraction of sp³-hybridized carbons (Fsp3) is 0.667. The molecule has 0 atom stereocenters. The summed E-state index contributed by atoms with van der Waals surface area (Å²) in [7, 11) is -3.48. The lowest BCUT2D eigenvalue weighted by atomic mass is 9.53. The number of sulfonamides is 1. The van der Waals surface area contributed by atoms with E-state index in [9.17, 15) is 13.2 Å². The van der Waals surface area contributed by atoms with E-state index in [0.29, 0.717) is 12.1 Å². The largest absolute Gasteiger partial charge is 0.346 e. The molecule has 4 fully saturated rings. The number of fused-ring (bicyclic) bond motifs is 1.